The van der Waals surface area contributed by atoms with E-state index in [1.165, 1.54) is 0 Å². The first kappa shape index (κ1) is 21.9. The lowest BCUT2D eigenvalue weighted by atomic mass is 9.91. The SMILES string of the molecule is COc1ccc(CCC(=O)N2CCN(C(=O)C3CC34CCNCC4)CC2)cc1.Cl. The van der Waals surface area contributed by atoms with Crippen LogP contribution in [0.15, 0.2) is 24.3 Å². The lowest BCUT2D eigenvalue weighted by Crippen LogP contribution is -2.51. The number of benzene rings is 1. The van der Waals surface area contributed by atoms with Gasteiger partial charge in [0.2, 0.25) is 11.8 Å². The minimum atomic E-state index is 0. The van der Waals surface area contributed by atoms with Crippen LogP contribution in [0, 0.1) is 11.3 Å². The second-order valence-electron chi connectivity index (χ2n) is 8.42. The van der Waals surface area contributed by atoms with Gasteiger partial charge in [0.25, 0.3) is 0 Å². The molecule has 1 aromatic carbocycles. The summed E-state index contributed by atoms with van der Waals surface area (Å²) in [7, 11) is 1.65. The summed E-state index contributed by atoms with van der Waals surface area (Å²) in [6, 6.07) is 7.87. The molecule has 2 heterocycles. The van der Waals surface area contributed by atoms with Gasteiger partial charge in [0.1, 0.15) is 5.75 Å². The van der Waals surface area contributed by atoms with Gasteiger partial charge in [-0.15, -0.1) is 12.4 Å². The molecule has 7 heteroatoms. The molecule has 1 spiro atoms. The molecule has 3 aliphatic rings. The van der Waals surface area contributed by atoms with E-state index in [2.05, 4.69) is 5.32 Å². The highest BCUT2D eigenvalue weighted by atomic mass is 35.5. The summed E-state index contributed by atoms with van der Waals surface area (Å²) in [6.45, 7) is 4.76. The smallest absolute Gasteiger partial charge is 0.226 e. The third-order valence-electron chi connectivity index (χ3n) is 6.82. The summed E-state index contributed by atoms with van der Waals surface area (Å²) in [4.78, 5) is 29.3. The van der Waals surface area contributed by atoms with Crippen LogP contribution in [0.3, 0.4) is 0 Å². The summed E-state index contributed by atoms with van der Waals surface area (Å²) < 4.78 is 5.17. The number of hydrogen-bond donors (Lipinski definition) is 1. The van der Waals surface area contributed by atoms with Crippen molar-refractivity contribution in [2.45, 2.75) is 32.1 Å². The number of rotatable bonds is 5. The third-order valence-corrected chi connectivity index (χ3v) is 6.82. The van der Waals surface area contributed by atoms with Crippen LogP contribution in [0.1, 0.15) is 31.2 Å². The molecule has 3 fully saturated rings. The largest absolute Gasteiger partial charge is 0.497 e. The number of methoxy groups -OCH3 is 1. The van der Waals surface area contributed by atoms with Gasteiger partial charge in [-0.3, -0.25) is 9.59 Å². The van der Waals surface area contributed by atoms with Crippen molar-refractivity contribution in [2.24, 2.45) is 11.3 Å². The first-order valence-electron chi connectivity index (χ1n) is 10.5. The first-order valence-corrected chi connectivity index (χ1v) is 10.5. The predicted octanol–water partition coefficient (Wildman–Crippen LogP) is 2.11. The number of halogens is 1. The van der Waals surface area contributed by atoms with Crippen molar-refractivity contribution in [3.8, 4) is 5.75 Å². The average Bonchev–Trinajstić information content (AvgIpc) is 3.45. The van der Waals surface area contributed by atoms with Crippen molar-refractivity contribution in [3.63, 3.8) is 0 Å². The normalized spacial score (nSPS) is 22.7. The van der Waals surface area contributed by atoms with E-state index in [0.717, 1.165) is 50.1 Å². The Hall–Kier alpha value is -1.79. The fraction of sp³-hybridized carbons (Fsp3) is 0.636. The summed E-state index contributed by atoms with van der Waals surface area (Å²) in [5, 5.41) is 3.39. The van der Waals surface area contributed by atoms with Gasteiger partial charge in [-0.25, -0.2) is 0 Å². The quantitative estimate of drug-likeness (QED) is 0.791. The topological polar surface area (TPSA) is 61.9 Å². The maximum absolute atomic E-state index is 12.9. The Labute approximate surface area is 179 Å². The number of carbonyl (C=O) groups excluding carboxylic acids is 2. The van der Waals surface area contributed by atoms with E-state index < -0.39 is 0 Å². The highest BCUT2D eigenvalue weighted by molar-refractivity contribution is 5.85. The van der Waals surface area contributed by atoms with Gasteiger partial charge in [0.15, 0.2) is 0 Å². The molecular weight excluding hydrogens is 390 g/mol. The van der Waals surface area contributed by atoms with Gasteiger partial charge >= 0.3 is 0 Å². The molecule has 2 amide bonds. The van der Waals surface area contributed by atoms with E-state index in [0.29, 0.717) is 38.5 Å². The molecule has 6 nitrogen and oxygen atoms in total. The molecule has 2 aliphatic heterocycles. The van der Waals surface area contributed by atoms with Gasteiger partial charge in [-0.2, -0.15) is 0 Å². The van der Waals surface area contributed by atoms with E-state index in [1.54, 1.807) is 7.11 Å². The van der Waals surface area contributed by atoms with Crippen molar-refractivity contribution in [2.75, 3.05) is 46.4 Å². The van der Waals surface area contributed by atoms with Gasteiger partial charge in [-0.05, 0) is 61.9 Å². The monoisotopic (exact) mass is 421 g/mol. The highest BCUT2D eigenvalue weighted by Gasteiger charge is 2.58. The van der Waals surface area contributed by atoms with Crippen LogP contribution < -0.4 is 10.1 Å². The van der Waals surface area contributed by atoms with E-state index >= 15 is 0 Å². The molecule has 1 aromatic rings. The molecule has 2 saturated heterocycles. The number of ether oxygens (including phenoxy) is 1. The van der Waals surface area contributed by atoms with Gasteiger partial charge in [0.05, 0.1) is 7.11 Å². The molecule has 0 bridgehead atoms. The van der Waals surface area contributed by atoms with E-state index in [9.17, 15) is 9.59 Å². The minimum absolute atomic E-state index is 0. The molecule has 4 rings (SSSR count). The number of aryl methyl sites for hydroxylation is 1. The summed E-state index contributed by atoms with van der Waals surface area (Å²) in [5.74, 6) is 1.57. The zero-order chi connectivity index (χ0) is 19.6. The maximum atomic E-state index is 12.9. The minimum Gasteiger partial charge on any atom is -0.497 e. The third kappa shape index (κ3) is 4.86. The molecule has 1 atom stereocenters. The standard InChI is InChI=1S/C22H31N3O3.ClH/c1-28-18-5-2-17(3-6-18)4-7-20(26)24-12-14-25(15-13-24)21(27)19-16-22(19)8-10-23-11-9-22;/h2-3,5-6,19,23H,4,7-16H2,1H3;1H. The lowest BCUT2D eigenvalue weighted by molar-refractivity contribution is -0.141. The molecule has 160 valence electrons. The summed E-state index contributed by atoms with van der Waals surface area (Å²) >= 11 is 0. The molecule has 0 radical (unpaired) electrons. The van der Waals surface area contributed by atoms with Gasteiger partial charge in [-0.1, -0.05) is 12.1 Å². The average molecular weight is 422 g/mol. The Morgan fingerprint density at radius 1 is 1.07 bits per heavy atom. The second-order valence-corrected chi connectivity index (χ2v) is 8.42. The zero-order valence-corrected chi connectivity index (χ0v) is 18.0. The van der Waals surface area contributed by atoms with Crippen molar-refractivity contribution >= 4 is 24.2 Å². The Morgan fingerprint density at radius 2 is 1.69 bits per heavy atom. The molecular formula is C22H32ClN3O3. The van der Waals surface area contributed by atoms with Crippen molar-refractivity contribution in [1.82, 2.24) is 15.1 Å². The number of piperidine rings is 1. The van der Waals surface area contributed by atoms with Gasteiger partial charge in [0, 0.05) is 38.5 Å². The fourth-order valence-corrected chi connectivity index (χ4v) is 4.77. The predicted molar refractivity (Wildman–Crippen MR) is 114 cm³/mol. The summed E-state index contributed by atoms with van der Waals surface area (Å²) in [5.41, 5.74) is 1.43. The van der Waals surface area contributed by atoms with Crippen LogP contribution >= 0.6 is 12.4 Å². The Balaban J connectivity index is 0.00000240. The van der Waals surface area contributed by atoms with Crippen molar-refractivity contribution in [3.05, 3.63) is 29.8 Å². The maximum Gasteiger partial charge on any atom is 0.226 e. The van der Waals surface area contributed by atoms with Crippen LogP contribution in [-0.4, -0.2) is 68.0 Å². The Bertz CT molecular complexity index is 711. The molecule has 29 heavy (non-hydrogen) atoms. The van der Waals surface area contributed by atoms with E-state index in [4.69, 9.17) is 4.74 Å². The van der Waals surface area contributed by atoms with Crippen LogP contribution in [0.5, 0.6) is 5.75 Å². The van der Waals surface area contributed by atoms with Crippen molar-refractivity contribution in [1.29, 1.82) is 0 Å². The lowest BCUT2D eigenvalue weighted by Gasteiger charge is -2.35. The van der Waals surface area contributed by atoms with Crippen LogP contribution in [0.2, 0.25) is 0 Å². The molecule has 1 aliphatic carbocycles. The number of piperazine rings is 1. The van der Waals surface area contributed by atoms with Crippen molar-refractivity contribution < 1.29 is 14.3 Å². The fourth-order valence-electron chi connectivity index (χ4n) is 4.77. The molecule has 1 N–H and O–H groups in total. The molecule has 1 saturated carbocycles. The van der Waals surface area contributed by atoms with Gasteiger partial charge < -0.3 is 19.9 Å². The van der Waals surface area contributed by atoms with Crippen LogP contribution in [0.25, 0.3) is 0 Å². The number of nitrogens with zero attached hydrogens (tertiary/aromatic N) is 2. The number of amides is 2. The Morgan fingerprint density at radius 3 is 2.31 bits per heavy atom. The van der Waals surface area contributed by atoms with E-state index in [-0.39, 0.29) is 29.6 Å². The van der Waals surface area contributed by atoms with Crippen LogP contribution in [0.4, 0.5) is 0 Å². The second kappa shape index (κ2) is 9.35. The zero-order valence-electron chi connectivity index (χ0n) is 17.2. The number of nitrogens with one attached hydrogen (secondary N) is 1. The van der Waals surface area contributed by atoms with Crippen LogP contribution in [-0.2, 0) is 16.0 Å². The Kier molecular flexibility index (Phi) is 7.06. The molecule has 1 unspecified atom stereocenters. The molecule has 0 aromatic heterocycles. The van der Waals surface area contributed by atoms with E-state index in [1.807, 2.05) is 34.1 Å². The highest BCUT2D eigenvalue weighted by Crippen LogP contribution is 2.59. The first-order chi connectivity index (χ1) is 13.6. The number of carbonyl (C=O) groups is 2. The summed E-state index contributed by atoms with van der Waals surface area (Å²) in [6.07, 6.45) is 4.58. The number of hydrogen-bond acceptors (Lipinski definition) is 4.